The average Bonchev–Trinajstić information content (AvgIpc) is 2.56. The van der Waals surface area contributed by atoms with Crippen molar-refractivity contribution >= 4 is 29.8 Å². The molecule has 4 nitrogen and oxygen atoms in total. The molecule has 1 N–H and O–H groups in total. The number of nitrogens with one attached hydrogen (secondary N) is 1. The molecule has 0 bridgehead atoms. The Hall–Kier alpha value is -2.36. The van der Waals surface area contributed by atoms with Crippen LogP contribution < -0.4 is 9.88 Å². The van der Waals surface area contributed by atoms with E-state index in [9.17, 15) is 5.26 Å². The average molecular weight is 324 g/mol. The van der Waals surface area contributed by atoms with Crippen LogP contribution in [0.3, 0.4) is 0 Å². The highest BCUT2D eigenvalue weighted by Crippen LogP contribution is 2.36. The second kappa shape index (κ2) is 6.18. The summed E-state index contributed by atoms with van der Waals surface area (Å²) < 4.78 is 1.99. The largest absolute Gasteiger partial charge is 0.761 e. The molecule has 1 aliphatic rings. The Balaban J connectivity index is 2.19. The van der Waals surface area contributed by atoms with Crippen molar-refractivity contribution in [1.29, 1.82) is 5.26 Å². The molecule has 22 heavy (non-hydrogen) atoms. The van der Waals surface area contributed by atoms with Crippen molar-refractivity contribution in [2.24, 2.45) is 0 Å². The Labute approximate surface area is 139 Å². The highest BCUT2D eigenvalue weighted by molar-refractivity contribution is 7.80. The summed E-state index contributed by atoms with van der Waals surface area (Å²) >= 11 is 10.8. The molecule has 0 radical (unpaired) electrons. The molecule has 3 heterocycles. The monoisotopic (exact) mass is 324 g/mol. The zero-order chi connectivity index (χ0) is 15.5. The van der Waals surface area contributed by atoms with E-state index in [-0.39, 0.29) is 12.0 Å². The molecule has 0 spiro atoms. The minimum absolute atomic E-state index is 0.207. The zero-order valence-corrected chi connectivity index (χ0v) is 13.1. The van der Waals surface area contributed by atoms with Gasteiger partial charge in [0, 0.05) is 30.1 Å². The van der Waals surface area contributed by atoms with E-state index in [4.69, 9.17) is 24.8 Å². The van der Waals surface area contributed by atoms with Crippen molar-refractivity contribution in [2.75, 3.05) is 0 Å². The van der Waals surface area contributed by atoms with Crippen LogP contribution >= 0.6 is 12.2 Å². The molecule has 108 valence electrons. The van der Waals surface area contributed by atoms with Crippen LogP contribution in [0.1, 0.15) is 17.5 Å². The maximum atomic E-state index is 9.56. The molecule has 2 atom stereocenters. The van der Waals surface area contributed by atoms with Crippen molar-refractivity contribution in [1.82, 2.24) is 10.3 Å². The highest BCUT2D eigenvalue weighted by Gasteiger charge is 2.40. The standard InChI is InChI=1S/C16H12N4S2/c17-9-12-13(11-5-4-6-18-10-11)14(16(22)19-15(12)21)20-7-2-1-3-8-20/h1-8,10,13-14H,(H-,19,21,22)/t13-,14+/m0/s1. The number of thiocarbonyl (C=S) groups is 1. The summed E-state index contributed by atoms with van der Waals surface area (Å²) in [6.45, 7) is 0. The van der Waals surface area contributed by atoms with E-state index >= 15 is 0 Å². The van der Waals surface area contributed by atoms with E-state index in [1.165, 1.54) is 0 Å². The topological polar surface area (TPSA) is 52.6 Å². The number of allylic oxidation sites excluding steroid dienone is 1. The van der Waals surface area contributed by atoms with Gasteiger partial charge >= 0.3 is 0 Å². The summed E-state index contributed by atoms with van der Waals surface area (Å²) in [6.07, 6.45) is 7.34. The molecule has 0 fully saturated rings. The molecule has 0 saturated carbocycles. The van der Waals surface area contributed by atoms with Gasteiger partial charge in [-0.05, 0) is 11.6 Å². The first-order valence-corrected chi connectivity index (χ1v) is 7.52. The smallest absolute Gasteiger partial charge is 0.219 e. The first kappa shape index (κ1) is 14.6. The predicted molar refractivity (Wildman–Crippen MR) is 88.4 cm³/mol. The van der Waals surface area contributed by atoms with Crippen LogP contribution in [-0.2, 0) is 12.6 Å². The van der Waals surface area contributed by atoms with Crippen molar-refractivity contribution in [3.63, 3.8) is 0 Å². The van der Waals surface area contributed by atoms with Gasteiger partial charge in [-0.1, -0.05) is 29.4 Å². The molecule has 3 rings (SSSR count). The fourth-order valence-electron chi connectivity index (χ4n) is 2.64. The summed E-state index contributed by atoms with van der Waals surface area (Å²) in [5, 5.41) is 12.9. The zero-order valence-electron chi connectivity index (χ0n) is 11.5. The lowest BCUT2D eigenvalue weighted by molar-refractivity contribution is -0.708. The summed E-state index contributed by atoms with van der Waals surface area (Å²) in [4.78, 5) is 4.77. The van der Waals surface area contributed by atoms with Gasteiger partial charge in [0.15, 0.2) is 12.4 Å². The normalized spacial score (nSPS) is 21.1. The first-order chi connectivity index (χ1) is 10.7. The van der Waals surface area contributed by atoms with Crippen molar-refractivity contribution < 1.29 is 4.57 Å². The summed E-state index contributed by atoms with van der Waals surface area (Å²) in [5.41, 5.74) is 1.43. The third kappa shape index (κ3) is 2.56. The van der Waals surface area contributed by atoms with E-state index < -0.39 is 0 Å². The molecule has 0 amide bonds. The quantitative estimate of drug-likeness (QED) is 0.519. The molecular formula is C16H12N4S2. The van der Waals surface area contributed by atoms with Crippen LogP contribution in [0.4, 0.5) is 0 Å². The Kier molecular flexibility index (Phi) is 4.09. The number of hydrogen-bond acceptors (Lipinski definition) is 4. The van der Waals surface area contributed by atoms with Crippen LogP contribution in [0.15, 0.2) is 65.7 Å². The van der Waals surface area contributed by atoms with Gasteiger partial charge in [-0.15, -0.1) is 0 Å². The van der Waals surface area contributed by atoms with Gasteiger partial charge in [0.1, 0.15) is 4.99 Å². The molecule has 0 aliphatic carbocycles. The third-order valence-corrected chi connectivity index (χ3v) is 4.27. The van der Waals surface area contributed by atoms with E-state index in [1.807, 2.05) is 47.3 Å². The van der Waals surface area contributed by atoms with Crippen LogP contribution in [0, 0.1) is 11.3 Å². The Bertz CT molecular complexity index is 766. The van der Waals surface area contributed by atoms with Crippen LogP contribution in [0.25, 0.3) is 0 Å². The molecule has 0 aromatic carbocycles. The molecule has 0 unspecified atom stereocenters. The number of aromatic nitrogens is 2. The number of pyridine rings is 2. The number of nitriles is 1. The van der Waals surface area contributed by atoms with Gasteiger partial charge in [-0.3, -0.25) is 4.98 Å². The molecule has 1 aliphatic heterocycles. The SMILES string of the molecule is N#CC1=C([S-])NC(=S)[C@H]([n+]2ccccc2)[C@H]1c1cccnc1. The van der Waals surface area contributed by atoms with Gasteiger partial charge in [0.05, 0.1) is 12.0 Å². The Morgan fingerprint density at radius 2 is 2.05 bits per heavy atom. The number of nitrogens with zero attached hydrogens (tertiary/aromatic N) is 3. The lowest BCUT2D eigenvalue weighted by atomic mass is 9.84. The van der Waals surface area contributed by atoms with E-state index in [0.29, 0.717) is 15.6 Å². The first-order valence-electron chi connectivity index (χ1n) is 6.70. The van der Waals surface area contributed by atoms with Gasteiger partial charge in [0.25, 0.3) is 0 Å². The van der Waals surface area contributed by atoms with Gasteiger partial charge in [0.2, 0.25) is 6.04 Å². The number of rotatable bonds is 2. The Morgan fingerprint density at radius 3 is 2.68 bits per heavy atom. The summed E-state index contributed by atoms with van der Waals surface area (Å²) in [6, 6.07) is 11.6. The molecule has 0 saturated heterocycles. The van der Waals surface area contributed by atoms with E-state index in [1.54, 1.807) is 12.4 Å². The second-order valence-corrected chi connectivity index (χ2v) is 5.72. The lowest BCUT2D eigenvalue weighted by Gasteiger charge is -2.33. The lowest BCUT2D eigenvalue weighted by Crippen LogP contribution is -2.52. The van der Waals surface area contributed by atoms with Crippen LogP contribution in [0.5, 0.6) is 0 Å². The maximum absolute atomic E-state index is 9.56. The molecular weight excluding hydrogens is 312 g/mol. The molecule has 2 aromatic heterocycles. The second-order valence-electron chi connectivity index (χ2n) is 4.88. The fraction of sp³-hybridized carbons (Fsp3) is 0.125. The van der Waals surface area contributed by atoms with Crippen molar-refractivity contribution in [3.8, 4) is 6.07 Å². The summed E-state index contributed by atoms with van der Waals surface area (Å²) in [5.74, 6) is -0.243. The number of hydrogen-bond donors (Lipinski definition) is 1. The molecule has 2 aromatic rings. The van der Waals surface area contributed by atoms with Crippen LogP contribution in [-0.4, -0.2) is 9.97 Å². The highest BCUT2D eigenvalue weighted by atomic mass is 32.1. The summed E-state index contributed by atoms with van der Waals surface area (Å²) in [7, 11) is 0. The van der Waals surface area contributed by atoms with E-state index in [2.05, 4.69) is 16.4 Å². The van der Waals surface area contributed by atoms with Gasteiger partial charge < -0.3 is 17.9 Å². The predicted octanol–water partition coefficient (Wildman–Crippen LogP) is 1.91. The minimum atomic E-state index is -0.243. The van der Waals surface area contributed by atoms with Crippen molar-refractivity contribution in [3.05, 3.63) is 71.3 Å². The Morgan fingerprint density at radius 1 is 1.27 bits per heavy atom. The van der Waals surface area contributed by atoms with E-state index in [0.717, 1.165) is 5.56 Å². The van der Waals surface area contributed by atoms with Gasteiger partial charge in [-0.25, -0.2) is 0 Å². The minimum Gasteiger partial charge on any atom is -0.761 e. The van der Waals surface area contributed by atoms with Crippen molar-refractivity contribution in [2.45, 2.75) is 12.0 Å². The van der Waals surface area contributed by atoms with Gasteiger partial charge in [-0.2, -0.15) is 9.83 Å². The molecule has 6 heteroatoms. The maximum Gasteiger partial charge on any atom is 0.219 e. The third-order valence-electron chi connectivity index (χ3n) is 3.60. The van der Waals surface area contributed by atoms with Crippen LogP contribution in [0.2, 0.25) is 0 Å². The fourth-order valence-corrected chi connectivity index (χ4v) is 3.34.